The van der Waals surface area contributed by atoms with Gasteiger partial charge in [0.1, 0.15) is 11.9 Å². The number of amides is 1. The van der Waals surface area contributed by atoms with Crippen LogP contribution >= 0.6 is 23.4 Å². The highest BCUT2D eigenvalue weighted by Gasteiger charge is 2.30. The summed E-state index contributed by atoms with van der Waals surface area (Å²) in [6.07, 6.45) is 1.43. The number of aromatic nitrogens is 2. The number of rotatable bonds is 3. The maximum absolute atomic E-state index is 12.6. The summed E-state index contributed by atoms with van der Waals surface area (Å²) in [5, 5.41) is 0.640. The van der Waals surface area contributed by atoms with Gasteiger partial charge in [-0.25, -0.2) is 4.98 Å². The van der Waals surface area contributed by atoms with Gasteiger partial charge < -0.3 is 4.90 Å². The Morgan fingerprint density at radius 2 is 2.13 bits per heavy atom. The normalized spacial score (nSPS) is 17.5. The summed E-state index contributed by atoms with van der Waals surface area (Å²) in [6.45, 7) is 2.43. The average Bonchev–Trinajstić information content (AvgIpc) is 3.00. The lowest BCUT2D eigenvalue weighted by molar-refractivity contribution is -0.132. The standard InChI is InChI=1S/C16H16ClN3O2S/c1-11-8-14(21)19(10-18-11)9-15(22)20-6-7-23-16(20)12-2-4-13(17)5-3-12/h2-5,8,10,16H,6-7,9H2,1H3. The lowest BCUT2D eigenvalue weighted by atomic mass is 10.2. The smallest absolute Gasteiger partial charge is 0.253 e. The Morgan fingerprint density at radius 1 is 1.39 bits per heavy atom. The van der Waals surface area contributed by atoms with E-state index in [9.17, 15) is 9.59 Å². The minimum Gasteiger partial charge on any atom is -0.324 e. The molecule has 0 saturated carbocycles. The molecule has 1 aliphatic heterocycles. The quantitative estimate of drug-likeness (QED) is 0.854. The van der Waals surface area contributed by atoms with Crippen molar-refractivity contribution in [1.82, 2.24) is 14.5 Å². The van der Waals surface area contributed by atoms with Crippen molar-refractivity contribution in [2.75, 3.05) is 12.3 Å². The van der Waals surface area contributed by atoms with Crippen LogP contribution in [0.25, 0.3) is 0 Å². The maximum atomic E-state index is 12.6. The first-order chi connectivity index (χ1) is 11.0. The third-order valence-electron chi connectivity index (χ3n) is 3.69. The zero-order valence-corrected chi connectivity index (χ0v) is 14.2. The Labute approximate surface area is 143 Å². The largest absolute Gasteiger partial charge is 0.324 e. The molecule has 1 aliphatic rings. The third kappa shape index (κ3) is 3.59. The molecular formula is C16H16ClN3O2S. The number of halogens is 1. The van der Waals surface area contributed by atoms with Gasteiger partial charge in [-0.2, -0.15) is 0 Å². The molecule has 7 heteroatoms. The molecule has 5 nitrogen and oxygen atoms in total. The second-order valence-electron chi connectivity index (χ2n) is 5.36. The van der Waals surface area contributed by atoms with Crippen LogP contribution in [0.3, 0.4) is 0 Å². The van der Waals surface area contributed by atoms with Crippen LogP contribution < -0.4 is 5.56 Å². The molecule has 0 aliphatic carbocycles. The van der Waals surface area contributed by atoms with Crippen molar-refractivity contribution in [3.63, 3.8) is 0 Å². The van der Waals surface area contributed by atoms with E-state index in [1.54, 1.807) is 23.6 Å². The Hall–Kier alpha value is -1.79. The minimum absolute atomic E-state index is 0.0107. The second-order valence-corrected chi connectivity index (χ2v) is 6.98. The van der Waals surface area contributed by atoms with E-state index in [4.69, 9.17) is 11.6 Å². The van der Waals surface area contributed by atoms with Gasteiger partial charge in [0.2, 0.25) is 5.91 Å². The summed E-state index contributed by atoms with van der Waals surface area (Å²) in [5.74, 6) is 0.794. The van der Waals surface area contributed by atoms with Crippen molar-refractivity contribution < 1.29 is 4.79 Å². The van der Waals surface area contributed by atoms with E-state index in [0.29, 0.717) is 17.3 Å². The molecule has 1 amide bonds. The van der Waals surface area contributed by atoms with Gasteiger partial charge >= 0.3 is 0 Å². The molecule has 0 radical (unpaired) electrons. The molecule has 3 rings (SSSR count). The van der Waals surface area contributed by atoms with Gasteiger partial charge in [0.15, 0.2) is 0 Å². The van der Waals surface area contributed by atoms with Crippen molar-refractivity contribution in [3.05, 3.63) is 63.3 Å². The Balaban J connectivity index is 1.78. The fourth-order valence-electron chi connectivity index (χ4n) is 2.50. The van der Waals surface area contributed by atoms with E-state index >= 15 is 0 Å². The van der Waals surface area contributed by atoms with Crippen LogP contribution in [0.1, 0.15) is 16.6 Å². The highest BCUT2D eigenvalue weighted by atomic mass is 35.5. The number of hydrogen-bond acceptors (Lipinski definition) is 4. The van der Waals surface area contributed by atoms with Crippen LogP contribution in [-0.4, -0.2) is 32.7 Å². The van der Waals surface area contributed by atoms with Gasteiger partial charge in [-0.05, 0) is 24.6 Å². The fraction of sp³-hybridized carbons (Fsp3) is 0.312. The molecule has 1 saturated heterocycles. The van der Waals surface area contributed by atoms with Gasteiger partial charge in [0, 0.05) is 29.1 Å². The van der Waals surface area contributed by atoms with Crippen LogP contribution in [0.2, 0.25) is 5.02 Å². The number of carbonyl (C=O) groups is 1. The van der Waals surface area contributed by atoms with Crippen LogP contribution in [0.15, 0.2) is 41.5 Å². The molecule has 0 N–H and O–H groups in total. The summed E-state index contributed by atoms with van der Waals surface area (Å²) < 4.78 is 1.34. The van der Waals surface area contributed by atoms with Crippen LogP contribution in [0.5, 0.6) is 0 Å². The van der Waals surface area contributed by atoms with Crippen molar-refractivity contribution >= 4 is 29.3 Å². The van der Waals surface area contributed by atoms with Crippen molar-refractivity contribution in [3.8, 4) is 0 Å². The summed E-state index contributed by atoms with van der Waals surface area (Å²) in [7, 11) is 0. The van der Waals surface area contributed by atoms with E-state index in [1.165, 1.54) is 17.0 Å². The minimum atomic E-state index is -0.208. The zero-order chi connectivity index (χ0) is 16.4. The molecule has 1 aromatic heterocycles. The summed E-state index contributed by atoms with van der Waals surface area (Å²) in [6, 6.07) is 8.96. The number of aryl methyl sites for hydroxylation is 1. The number of carbonyl (C=O) groups excluding carboxylic acids is 1. The first-order valence-corrected chi connectivity index (χ1v) is 8.67. The molecule has 2 heterocycles. The summed E-state index contributed by atoms with van der Waals surface area (Å²) >= 11 is 7.64. The molecule has 23 heavy (non-hydrogen) atoms. The van der Waals surface area contributed by atoms with E-state index in [-0.39, 0.29) is 23.4 Å². The van der Waals surface area contributed by atoms with E-state index < -0.39 is 0 Å². The van der Waals surface area contributed by atoms with Crippen molar-refractivity contribution in [2.45, 2.75) is 18.8 Å². The molecule has 0 bridgehead atoms. The third-order valence-corrected chi connectivity index (χ3v) is 5.20. The van der Waals surface area contributed by atoms with Crippen molar-refractivity contribution in [2.24, 2.45) is 0 Å². The Bertz CT molecular complexity index is 776. The average molecular weight is 350 g/mol. The van der Waals surface area contributed by atoms with E-state index in [1.807, 2.05) is 24.3 Å². The number of nitrogens with zero attached hydrogens (tertiary/aromatic N) is 3. The van der Waals surface area contributed by atoms with Gasteiger partial charge in [-0.3, -0.25) is 14.2 Å². The Kier molecular flexibility index (Phi) is 4.73. The molecule has 2 aromatic rings. The highest BCUT2D eigenvalue weighted by Crippen LogP contribution is 2.38. The van der Waals surface area contributed by atoms with E-state index in [2.05, 4.69) is 4.98 Å². The van der Waals surface area contributed by atoms with Gasteiger partial charge in [-0.15, -0.1) is 11.8 Å². The fourth-order valence-corrected chi connectivity index (χ4v) is 3.90. The monoisotopic (exact) mass is 349 g/mol. The highest BCUT2D eigenvalue weighted by molar-refractivity contribution is 7.99. The predicted octanol–water partition coefficient (Wildman–Crippen LogP) is 2.48. The second kappa shape index (κ2) is 6.76. The summed E-state index contributed by atoms with van der Waals surface area (Å²) in [5.41, 5.74) is 1.48. The molecule has 1 aromatic carbocycles. The molecule has 120 valence electrons. The molecular weight excluding hydrogens is 334 g/mol. The zero-order valence-electron chi connectivity index (χ0n) is 12.6. The van der Waals surface area contributed by atoms with Gasteiger partial charge in [-0.1, -0.05) is 23.7 Å². The molecule has 1 atom stereocenters. The molecule has 1 unspecified atom stereocenters. The SMILES string of the molecule is Cc1cc(=O)n(CC(=O)N2CCSC2c2ccc(Cl)cc2)cn1. The number of thioether (sulfide) groups is 1. The number of hydrogen-bond donors (Lipinski definition) is 0. The predicted molar refractivity (Wildman–Crippen MR) is 91.6 cm³/mol. The van der Waals surface area contributed by atoms with Crippen LogP contribution in [-0.2, 0) is 11.3 Å². The maximum Gasteiger partial charge on any atom is 0.253 e. The van der Waals surface area contributed by atoms with Crippen LogP contribution in [0.4, 0.5) is 0 Å². The Morgan fingerprint density at radius 3 is 2.83 bits per heavy atom. The number of benzene rings is 1. The van der Waals surface area contributed by atoms with E-state index in [0.717, 1.165) is 11.3 Å². The first-order valence-electron chi connectivity index (χ1n) is 7.24. The summed E-state index contributed by atoms with van der Waals surface area (Å²) in [4.78, 5) is 30.4. The van der Waals surface area contributed by atoms with Gasteiger partial charge in [0.05, 0.1) is 6.33 Å². The van der Waals surface area contributed by atoms with Crippen molar-refractivity contribution in [1.29, 1.82) is 0 Å². The topological polar surface area (TPSA) is 55.2 Å². The lowest BCUT2D eigenvalue weighted by Gasteiger charge is -2.24. The molecule has 0 spiro atoms. The lowest BCUT2D eigenvalue weighted by Crippen LogP contribution is -2.36. The first kappa shape index (κ1) is 16.1. The van der Waals surface area contributed by atoms with Crippen LogP contribution in [0, 0.1) is 6.92 Å². The molecule has 1 fully saturated rings. The van der Waals surface area contributed by atoms with Gasteiger partial charge in [0.25, 0.3) is 5.56 Å².